The topological polar surface area (TPSA) is 66.6 Å². The molecule has 1 aromatic rings. The molecule has 1 atom stereocenters. The second kappa shape index (κ2) is 6.58. The first-order valence-corrected chi connectivity index (χ1v) is 8.34. The fraction of sp³-hybridized carbons (Fsp3) is 0.467. The Kier molecular flexibility index (Phi) is 5.01. The summed E-state index contributed by atoms with van der Waals surface area (Å²) in [5.41, 5.74) is 6.09. The molecule has 5 nitrogen and oxygen atoms in total. The van der Waals surface area contributed by atoms with E-state index in [4.69, 9.17) is 5.73 Å². The third-order valence-electron chi connectivity index (χ3n) is 3.68. The van der Waals surface area contributed by atoms with Crippen molar-refractivity contribution in [3.8, 4) is 11.8 Å². The Hall–Kier alpha value is -1.39. The van der Waals surface area contributed by atoms with Crippen LogP contribution in [0.25, 0.3) is 0 Å². The molecule has 6 heteroatoms. The molecule has 0 aromatic heterocycles. The van der Waals surface area contributed by atoms with Gasteiger partial charge in [-0.25, -0.2) is 8.42 Å². The van der Waals surface area contributed by atoms with Crippen molar-refractivity contribution in [3.63, 3.8) is 0 Å². The number of hydrogen-bond donors (Lipinski definition) is 1. The van der Waals surface area contributed by atoms with Crippen molar-refractivity contribution < 1.29 is 8.42 Å². The van der Waals surface area contributed by atoms with E-state index in [-0.39, 0.29) is 6.04 Å². The molecule has 1 aromatic carbocycles. The number of hydrogen-bond acceptors (Lipinski definition) is 4. The van der Waals surface area contributed by atoms with E-state index in [1.807, 2.05) is 14.1 Å². The van der Waals surface area contributed by atoms with Crippen molar-refractivity contribution in [2.45, 2.75) is 17.4 Å². The Morgan fingerprint density at radius 2 is 2.00 bits per heavy atom. The summed E-state index contributed by atoms with van der Waals surface area (Å²) < 4.78 is 26.7. The first-order chi connectivity index (χ1) is 9.95. The maximum absolute atomic E-state index is 12.6. The largest absolute Gasteiger partial charge is 0.320 e. The summed E-state index contributed by atoms with van der Waals surface area (Å²) in [6.07, 6.45) is 0.867. The van der Waals surface area contributed by atoms with Gasteiger partial charge in [-0.1, -0.05) is 11.8 Å². The van der Waals surface area contributed by atoms with Gasteiger partial charge in [-0.05, 0) is 44.8 Å². The maximum atomic E-state index is 12.6. The predicted octanol–water partition coefficient (Wildman–Crippen LogP) is 0.321. The van der Waals surface area contributed by atoms with E-state index in [1.54, 1.807) is 28.6 Å². The van der Waals surface area contributed by atoms with Crippen molar-refractivity contribution in [2.75, 3.05) is 33.7 Å². The van der Waals surface area contributed by atoms with Crippen LogP contribution in [0.4, 0.5) is 0 Å². The van der Waals surface area contributed by atoms with Gasteiger partial charge in [0.2, 0.25) is 10.0 Å². The molecule has 0 spiro atoms. The van der Waals surface area contributed by atoms with Gasteiger partial charge in [0.1, 0.15) is 0 Å². The molecule has 1 saturated heterocycles. The lowest BCUT2D eigenvalue weighted by atomic mass is 10.2. The zero-order valence-corrected chi connectivity index (χ0v) is 13.2. The third kappa shape index (κ3) is 3.63. The van der Waals surface area contributed by atoms with Crippen molar-refractivity contribution >= 4 is 10.0 Å². The Morgan fingerprint density at radius 1 is 1.33 bits per heavy atom. The van der Waals surface area contributed by atoms with Crippen LogP contribution in [0.2, 0.25) is 0 Å². The van der Waals surface area contributed by atoms with E-state index in [2.05, 4.69) is 16.7 Å². The third-order valence-corrected chi connectivity index (χ3v) is 5.56. The minimum absolute atomic E-state index is 0.287. The number of nitrogens with two attached hydrogens (primary N) is 1. The van der Waals surface area contributed by atoms with Gasteiger partial charge in [0.05, 0.1) is 11.4 Å². The highest BCUT2D eigenvalue weighted by Gasteiger charge is 2.33. The molecule has 2 N–H and O–H groups in total. The van der Waals surface area contributed by atoms with Crippen LogP contribution in [-0.4, -0.2) is 57.4 Å². The lowest BCUT2D eigenvalue weighted by molar-refractivity contribution is 0.302. The molecule has 21 heavy (non-hydrogen) atoms. The zero-order chi connectivity index (χ0) is 15.5. The lowest BCUT2D eigenvalue weighted by Crippen LogP contribution is -2.34. The van der Waals surface area contributed by atoms with Crippen LogP contribution < -0.4 is 5.73 Å². The van der Waals surface area contributed by atoms with Gasteiger partial charge >= 0.3 is 0 Å². The van der Waals surface area contributed by atoms with E-state index < -0.39 is 10.0 Å². The van der Waals surface area contributed by atoms with Gasteiger partial charge in [0.25, 0.3) is 0 Å². The molecule has 0 aliphatic carbocycles. The van der Waals surface area contributed by atoms with Crippen LogP contribution in [-0.2, 0) is 10.0 Å². The molecule has 2 rings (SSSR count). The van der Waals surface area contributed by atoms with Crippen LogP contribution in [0, 0.1) is 11.8 Å². The summed E-state index contributed by atoms with van der Waals surface area (Å²) in [6.45, 7) is 1.41. The number of sulfonamides is 1. The molecule has 0 radical (unpaired) electrons. The van der Waals surface area contributed by atoms with E-state index in [9.17, 15) is 8.42 Å². The van der Waals surface area contributed by atoms with E-state index in [0.717, 1.165) is 12.0 Å². The molecule has 114 valence electrons. The molecule has 1 heterocycles. The van der Waals surface area contributed by atoms with Gasteiger partial charge in [0.15, 0.2) is 0 Å². The van der Waals surface area contributed by atoms with Gasteiger partial charge < -0.3 is 10.6 Å². The minimum atomic E-state index is -3.41. The summed E-state index contributed by atoms with van der Waals surface area (Å²) >= 11 is 0. The summed E-state index contributed by atoms with van der Waals surface area (Å²) in [6, 6.07) is 6.94. The summed E-state index contributed by atoms with van der Waals surface area (Å²) in [7, 11) is 0.547. The maximum Gasteiger partial charge on any atom is 0.243 e. The van der Waals surface area contributed by atoms with Crippen molar-refractivity contribution in [3.05, 3.63) is 29.8 Å². The average molecular weight is 307 g/mol. The molecule has 0 bridgehead atoms. The van der Waals surface area contributed by atoms with Gasteiger partial charge in [-0.2, -0.15) is 4.31 Å². The van der Waals surface area contributed by atoms with Crippen LogP contribution in [0.15, 0.2) is 29.2 Å². The van der Waals surface area contributed by atoms with Gasteiger partial charge in [-0.3, -0.25) is 0 Å². The molecular formula is C15H21N3O2S. The Labute approximate surface area is 126 Å². The van der Waals surface area contributed by atoms with Crippen LogP contribution >= 0.6 is 0 Å². The highest BCUT2D eigenvalue weighted by molar-refractivity contribution is 7.89. The summed E-state index contributed by atoms with van der Waals surface area (Å²) in [5, 5.41) is 0. The van der Waals surface area contributed by atoms with Crippen molar-refractivity contribution in [2.24, 2.45) is 5.73 Å². The van der Waals surface area contributed by atoms with Crippen molar-refractivity contribution in [1.29, 1.82) is 0 Å². The number of rotatable bonds is 3. The second-order valence-electron chi connectivity index (χ2n) is 5.30. The molecule has 1 aliphatic rings. The van der Waals surface area contributed by atoms with Crippen LogP contribution in [0.1, 0.15) is 12.0 Å². The summed E-state index contributed by atoms with van der Waals surface area (Å²) in [4.78, 5) is 2.39. The molecule has 0 amide bonds. The predicted molar refractivity (Wildman–Crippen MR) is 83.2 cm³/mol. The number of likely N-dealkylation sites (N-methyl/N-ethyl adjacent to an activating group) is 1. The van der Waals surface area contributed by atoms with E-state index >= 15 is 0 Å². The number of nitrogens with zero attached hydrogens (tertiary/aromatic N) is 2. The fourth-order valence-electron chi connectivity index (χ4n) is 2.36. The van der Waals surface area contributed by atoms with Gasteiger partial charge in [-0.15, -0.1) is 0 Å². The highest BCUT2D eigenvalue weighted by atomic mass is 32.2. The standard InChI is InChI=1S/C15H21N3O2S/c1-17(2)14-9-11-18(12-14)21(19,20)15-7-5-13(6-8-15)4-3-10-16/h5-8,14H,9-12,16H2,1-2H3. The minimum Gasteiger partial charge on any atom is -0.320 e. The fourth-order valence-corrected chi connectivity index (χ4v) is 3.86. The smallest absolute Gasteiger partial charge is 0.243 e. The zero-order valence-electron chi connectivity index (χ0n) is 12.4. The Balaban J connectivity index is 2.17. The number of benzene rings is 1. The Bertz CT molecular complexity index is 642. The van der Waals surface area contributed by atoms with E-state index in [0.29, 0.717) is 24.5 Å². The molecule has 1 aliphatic heterocycles. The normalized spacial score (nSPS) is 19.5. The van der Waals surface area contributed by atoms with E-state index in [1.165, 1.54) is 0 Å². The molecular weight excluding hydrogens is 286 g/mol. The molecule has 1 fully saturated rings. The lowest BCUT2D eigenvalue weighted by Gasteiger charge is -2.20. The molecule has 1 unspecified atom stereocenters. The van der Waals surface area contributed by atoms with Crippen molar-refractivity contribution in [1.82, 2.24) is 9.21 Å². The van der Waals surface area contributed by atoms with Gasteiger partial charge in [0, 0.05) is 24.7 Å². The Morgan fingerprint density at radius 3 is 2.52 bits per heavy atom. The highest BCUT2D eigenvalue weighted by Crippen LogP contribution is 2.22. The van der Waals surface area contributed by atoms with Crippen LogP contribution in [0.5, 0.6) is 0 Å². The SMILES string of the molecule is CN(C)C1CCN(S(=O)(=O)c2ccc(C#CCN)cc2)C1. The second-order valence-corrected chi connectivity index (χ2v) is 7.24. The summed E-state index contributed by atoms with van der Waals surface area (Å²) in [5.74, 6) is 5.63. The quantitative estimate of drug-likeness (QED) is 0.817. The first-order valence-electron chi connectivity index (χ1n) is 6.90. The average Bonchev–Trinajstić information content (AvgIpc) is 2.96. The monoisotopic (exact) mass is 307 g/mol. The first kappa shape index (κ1) is 16.0. The molecule has 0 saturated carbocycles. The van der Waals surface area contributed by atoms with Crippen LogP contribution in [0.3, 0.4) is 0 Å².